The number of imide groups is 1. The van der Waals surface area contributed by atoms with Gasteiger partial charge in [-0.15, -0.1) is 0 Å². The van der Waals surface area contributed by atoms with E-state index in [0.717, 1.165) is 0 Å². The van der Waals surface area contributed by atoms with Crippen LogP contribution in [0.4, 0.5) is 0 Å². The molecule has 0 aromatic rings. The normalized spacial score (nSPS) is 33.7. The third-order valence-corrected chi connectivity index (χ3v) is 1.47. The van der Waals surface area contributed by atoms with E-state index in [4.69, 9.17) is 10.2 Å². The van der Waals surface area contributed by atoms with Crippen molar-refractivity contribution < 1.29 is 19.8 Å². The number of aliphatic hydroxyl groups is 2. The number of carbonyl (C=O) groups is 2. The summed E-state index contributed by atoms with van der Waals surface area (Å²) in [5, 5.41) is 17.5. The molecule has 10 heavy (non-hydrogen) atoms. The Labute approximate surface area is 56.9 Å². The first-order valence-electron chi connectivity index (χ1n) is 2.73. The summed E-state index contributed by atoms with van der Waals surface area (Å²) in [6.45, 7) is 0. The van der Waals surface area contributed by atoms with E-state index in [1.54, 1.807) is 0 Å². The molecule has 0 aromatic carbocycles. The number of rotatable bonds is 0. The van der Waals surface area contributed by atoms with Crippen molar-refractivity contribution in [3.05, 3.63) is 0 Å². The van der Waals surface area contributed by atoms with Gasteiger partial charge in [0.25, 0.3) is 11.8 Å². The third-order valence-electron chi connectivity index (χ3n) is 1.47. The number of likely N-dealkylation sites (N-methyl/N-ethyl adjacent to an activating group) is 1. The Morgan fingerprint density at radius 3 is 1.60 bits per heavy atom. The van der Waals surface area contributed by atoms with Crippen molar-refractivity contribution >= 4 is 11.8 Å². The summed E-state index contributed by atoms with van der Waals surface area (Å²) < 4.78 is 0. The van der Waals surface area contributed by atoms with E-state index in [2.05, 4.69) is 0 Å². The lowest BCUT2D eigenvalue weighted by Crippen LogP contribution is -2.27. The molecule has 0 bridgehead atoms. The number of carbonyl (C=O) groups excluding carboxylic acids is 2. The number of likely N-dealkylation sites (tertiary alicyclic amines) is 1. The van der Waals surface area contributed by atoms with Gasteiger partial charge in [0.05, 0.1) is 0 Å². The topological polar surface area (TPSA) is 77.8 Å². The SMILES string of the molecule is CN1C(=O)[C@@H](O)[C@H](O)C1=O. The van der Waals surface area contributed by atoms with Crippen LogP contribution < -0.4 is 0 Å². The van der Waals surface area contributed by atoms with Crippen LogP contribution in [0, 0.1) is 0 Å². The van der Waals surface area contributed by atoms with E-state index in [9.17, 15) is 9.59 Å². The smallest absolute Gasteiger partial charge is 0.261 e. The van der Waals surface area contributed by atoms with Crippen molar-refractivity contribution in [1.29, 1.82) is 0 Å². The van der Waals surface area contributed by atoms with Gasteiger partial charge in [-0.2, -0.15) is 0 Å². The molecule has 0 radical (unpaired) electrons. The van der Waals surface area contributed by atoms with Gasteiger partial charge in [-0.3, -0.25) is 14.5 Å². The molecule has 0 unspecified atom stereocenters. The van der Waals surface area contributed by atoms with Crippen LogP contribution in [0.1, 0.15) is 0 Å². The minimum absolute atomic E-state index is 0.704. The Morgan fingerprint density at radius 2 is 1.50 bits per heavy atom. The lowest BCUT2D eigenvalue weighted by atomic mass is 10.2. The van der Waals surface area contributed by atoms with Crippen LogP contribution in [0.5, 0.6) is 0 Å². The average Bonchev–Trinajstić information content (AvgIpc) is 2.07. The standard InChI is InChI=1S/C5H7NO4/c1-6-4(9)2(7)3(8)5(6)10/h2-3,7-8H,1H3/t2-,3-/m0/s1. The molecule has 2 N–H and O–H groups in total. The highest BCUT2D eigenvalue weighted by Crippen LogP contribution is 2.10. The van der Waals surface area contributed by atoms with Gasteiger partial charge >= 0.3 is 0 Å². The van der Waals surface area contributed by atoms with Gasteiger partial charge in [0.2, 0.25) is 0 Å². The van der Waals surface area contributed by atoms with Crippen LogP contribution in [0.2, 0.25) is 0 Å². The van der Waals surface area contributed by atoms with Crippen molar-refractivity contribution in [2.24, 2.45) is 0 Å². The summed E-state index contributed by atoms with van der Waals surface area (Å²) in [6, 6.07) is 0. The molecule has 0 aromatic heterocycles. The zero-order chi connectivity index (χ0) is 7.89. The molecule has 5 nitrogen and oxygen atoms in total. The number of nitrogens with zero attached hydrogens (tertiary/aromatic N) is 1. The molecule has 1 heterocycles. The fourth-order valence-electron chi connectivity index (χ4n) is 0.776. The Hall–Kier alpha value is -0.940. The second kappa shape index (κ2) is 2.03. The van der Waals surface area contributed by atoms with Crippen LogP contribution in [0.25, 0.3) is 0 Å². The van der Waals surface area contributed by atoms with Gasteiger partial charge in [-0.1, -0.05) is 0 Å². The van der Waals surface area contributed by atoms with Gasteiger partial charge < -0.3 is 10.2 Å². The minimum atomic E-state index is -1.57. The average molecular weight is 145 g/mol. The molecule has 0 aliphatic carbocycles. The molecular formula is C5H7NO4. The van der Waals surface area contributed by atoms with Crippen LogP contribution in [-0.2, 0) is 9.59 Å². The van der Waals surface area contributed by atoms with Crippen LogP contribution in [-0.4, -0.2) is 46.2 Å². The van der Waals surface area contributed by atoms with Crippen LogP contribution in [0.3, 0.4) is 0 Å². The first kappa shape index (κ1) is 7.17. The van der Waals surface area contributed by atoms with Crippen molar-refractivity contribution in [2.75, 3.05) is 7.05 Å². The molecule has 1 fully saturated rings. The highest BCUT2D eigenvalue weighted by molar-refractivity contribution is 6.07. The van der Waals surface area contributed by atoms with Gasteiger partial charge in [0.1, 0.15) is 0 Å². The molecule has 1 saturated heterocycles. The molecule has 2 atom stereocenters. The van der Waals surface area contributed by atoms with E-state index in [1.165, 1.54) is 7.05 Å². The molecular weight excluding hydrogens is 138 g/mol. The van der Waals surface area contributed by atoms with Gasteiger partial charge in [0, 0.05) is 7.05 Å². The first-order valence-corrected chi connectivity index (χ1v) is 2.73. The lowest BCUT2D eigenvalue weighted by Gasteiger charge is -2.02. The predicted octanol–water partition coefficient (Wildman–Crippen LogP) is -2.29. The molecule has 1 aliphatic heterocycles. The molecule has 1 rings (SSSR count). The summed E-state index contributed by atoms with van der Waals surface area (Å²) in [5.41, 5.74) is 0. The van der Waals surface area contributed by atoms with Crippen LogP contribution >= 0.6 is 0 Å². The van der Waals surface area contributed by atoms with Gasteiger partial charge in [-0.25, -0.2) is 0 Å². The van der Waals surface area contributed by atoms with E-state index in [0.29, 0.717) is 4.90 Å². The van der Waals surface area contributed by atoms with Gasteiger partial charge in [-0.05, 0) is 0 Å². The van der Waals surface area contributed by atoms with Gasteiger partial charge in [0.15, 0.2) is 12.2 Å². The monoisotopic (exact) mass is 145 g/mol. The summed E-state index contributed by atoms with van der Waals surface area (Å²) in [6.07, 6.45) is -3.14. The van der Waals surface area contributed by atoms with Crippen LogP contribution in [0.15, 0.2) is 0 Å². The molecule has 56 valence electrons. The summed E-state index contributed by atoms with van der Waals surface area (Å²) in [7, 11) is 1.21. The molecule has 0 saturated carbocycles. The minimum Gasteiger partial charge on any atom is -0.380 e. The highest BCUT2D eigenvalue weighted by atomic mass is 16.4. The summed E-state index contributed by atoms with van der Waals surface area (Å²) in [4.78, 5) is 21.9. The zero-order valence-electron chi connectivity index (χ0n) is 5.31. The Kier molecular flexibility index (Phi) is 1.46. The fraction of sp³-hybridized carbons (Fsp3) is 0.600. The Morgan fingerprint density at radius 1 is 1.20 bits per heavy atom. The Balaban J connectivity index is 2.89. The third kappa shape index (κ3) is 0.714. The second-order valence-corrected chi connectivity index (χ2v) is 2.13. The lowest BCUT2D eigenvalue weighted by molar-refractivity contribution is -0.139. The maximum absolute atomic E-state index is 10.6. The number of hydrogen-bond donors (Lipinski definition) is 2. The molecule has 1 aliphatic rings. The van der Waals surface area contributed by atoms with E-state index >= 15 is 0 Å². The fourth-order valence-corrected chi connectivity index (χ4v) is 0.776. The number of aliphatic hydroxyl groups excluding tert-OH is 2. The highest BCUT2D eigenvalue weighted by Gasteiger charge is 2.43. The first-order chi connectivity index (χ1) is 4.55. The van der Waals surface area contributed by atoms with Crippen molar-refractivity contribution in [3.63, 3.8) is 0 Å². The summed E-state index contributed by atoms with van der Waals surface area (Å²) >= 11 is 0. The van der Waals surface area contributed by atoms with E-state index < -0.39 is 24.0 Å². The maximum Gasteiger partial charge on any atom is 0.261 e. The zero-order valence-corrected chi connectivity index (χ0v) is 5.31. The van der Waals surface area contributed by atoms with Crippen molar-refractivity contribution in [1.82, 2.24) is 4.90 Å². The number of amides is 2. The Bertz CT molecular complexity index is 170. The molecule has 5 heteroatoms. The maximum atomic E-state index is 10.6. The molecule has 2 amide bonds. The molecule has 0 spiro atoms. The largest absolute Gasteiger partial charge is 0.380 e. The van der Waals surface area contributed by atoms with E-state index in [1.807, 2.05) is 0 Å². The van der Waals surface area contributed by atoms with Crippen molar-refractivity contribution in [2.45, 2.75) is 12.2 Å². The number of hydrogen-bond acceptors (Lipinski definition) is 4. The second-order valence-electron chi connectivity index (χ2n) is 2.13. The van der Waals surface area contributed by atoms with E-state index in [-0.39, 0.29) is 0 Å². The quantitative estimate of drug-likeness (QED) is 0.376. The van der Waals surface area contributed by atoms with Crippen molar-refractivity contribution in [3.8, 4) is 0 Å². The predicted molar refractivity (Wildman–Crippen MR) is 29.8 cm³/mol. The summed E-state index contributed by atoms with van der Waals surface area (Å²) in [5.74, 6) is -1.50.